The number of carbonyl (C=O) groups excluding carboxylic acids is 1. The highest BCUT2D eigenvalue weighted by Gasteiger charge is 2.34. The average Bonchev–Trinajstić information content (AvgIpc) is 2.65. The van der Waals surface area contributed by atoms with Gasteiger partial charge in [0.1, 0.15) is 0 Å². The van der Waals surface area contributed by atoms with Crippen molar-refractivity contribution < 1.29 is 26.7 Å². The fraction of sp³-hybridized carbons (Fsp3) is 0.0556. The summed E-state index contributed by atoms with van der Waals surface area (Å²) in [5, 5.41) is 10.5. The predicted molar refractivity (Wildman–Crippen MR) is 80.7 cm³/mol. The topological polar surface area (TPSA) is 53.8 Å². The van der Waals surface area contributed by atoms with Crippen LogP contribution in [0.3, 0.4) is 0 Å². The Morgan fingerprint density at radius 3 is 2.04 bits per heavy atom. The molecule has 1 heterocycles. The van der Waals surface area contributed by atoms with Crippen LogP contribution < -0.4 is 0 Å². The molecule has 26 heavy (non-hydrogen) atoms. The van der Waals surface area contributed by atoms with E-state index < -0.39 is 46.4 Å². The van der Waals surface area contributed by atoms with E-state index in [0.717, 1.165) is 0 Å². The number of fused-ring (bicyclic) bond motifs is 1. The van der Waals surface area contributed by atoms with Crippen LogP contribution in [0.5, 0.6) is 0 Å². The molecule has 130 valence electrons. The summed E-state index contributed by atoms with van der Waals surface area (Å²) in [6.07, 6.45) is 1.33. The summed E-state index contributed by atoms with van der Waals surface area (Å²) < 4.78 is 67.5. The van der Waals surface area contributed by atoms with Crippen LogP contribution >= 0.6 is 0 Å². The standard InChI is InChI=1S/C18H7F5N2O/c19-13-12(14(20)16(22)17(23)15(13)21)18(26)10(6-24)11-5-8-3-1-2-4-9(8)7-25-11/h1-5,7,10H. The molecule has 2 aromatic carbocycles. The Hall–Kier alpha value is -3.34. The van der Waals surface area contributed by atoms with Crippen LogP contribution in [0.15, 0.2) is 36.5 Å². The second-order valence-electron chi connectivity index (χ2n) is 5.33. The minimum absolute atomic E-state index is 0.167. The SMILES string of the molecule is N#CC(C(=O)c1c(F)c(F)c(F)c(F)c1F)c1cc2ccccc2cn1. The summed E-state index contributed by atoms with van der Waals surface area (Å²) in [7, 11) is 0. The quantitative estimate of drug-likeness (QED) is 0.300. The van der Waals surface area contributed by atoms with Crippen molar-refractivity contribution in [2.24, 2.45) is 0 Å². The maximum Gasteiger partial charge on any atom is 0.200 e. The van der Waals surface area contributed by atoms with E-state index in [-0.39, 0.29) is 5.69 Å². The van der Waals surface area contributed by atoms with Gasteiger partial charge in [-0.15, -0.1) is 0 Å². The minimum Gasteiger partial charge on any atom is -0.292 e. The van der Waals surface area contributed by atoms with Crippen LogP contribution in [0, 0.1) is 40.4 Å². The number of nitrogens with zero attached hydrogens (tertiary/aromatic N) is 2. The normalized spacial score (nSPS) is 12.0. The van der Waals surface area contributed by atoms with Gasteiger partial charge in [-0.25, -0.2) is 22.0 Å². The highest BCUT2D eigenvalue weighted by atomic mass is 19.2. The van der Waals surface area contributed by atoms with Gasteiger partial charge in [0.2, 0.25) is 5.82 Å². The first-order valence-electron chi connectivity index (χ1n) is 7.16. The van der Waals surface area contributed by atoms with E-state index in [1.807, 2.05) is 0 Å². The van der Waals surface area contributed by atoms with Gasteiger partial charge in [-0.05, 0) is 11.5 Å². The largest absolute Gasteiger partial charge is 0.292 e. The Kier molecular flexibility index (Phi) is 4.38. The summed E-state index contributed by atoms with van der Waals surface area (Å²) in [6, 6.07) is 9.61. The number of hydrogen-bond acceptors (Lipinski definition) is 3. The maximum absolute atomic E-state index is 13.8. The zero-order chi connectivity index (χ0) is 19.0. The second kappa shape index (κ2) is 6.52. The molecule has 3 nitrogen and oxygen atoms in total. The second-order valence-corrected chi connectivity index (χ2v) is 5.33. The van der Waals surface area contributed by atoms with Crippen molar-refractivity contribution in [1.82, 2.24) is 4.98 Å². The summed E-state index contributed by atoms with van der Waals surface area (Å²) >= 11 is 0. The molecule has 1 aromatic heterocycles. The Morgan fingerprint density at radius 1 is 0.923 bits per heavy atom. The third kappa shape index (κ3) is 2.67. The zero-order valence-electron chi connectivity index (χ0n) is 12.7. The van der Waals surface area contributed by atoms with E-state index in [9.17, 15) is 32.0 Å². The average molecular weight is 362 g/mol. The third-order valence-electron chi connectivity index (χ3n) is 3.80. The van der Waals surface area contributed by atoms with Gasteiger partial charge in [0, 0.05) is 11.6 Å². The number of halogens is 5. The van der Waals surface area contributed by atoms with Crippen molar-refractivity contribution in [2.75, 3.05) is 0 Å². The molecule has 3 rings (SSSR count). The fourth-order valence-electron chi connectivity index (χ4n) is 2.48. The van der Waals surface area contributed by atoms with E-state index in [1.165, 1.54) is 18.3 Å². The lowest BCUT2D eigenvalue weighted by Crippen LogP contribution is -2.19. The number of benzene rings is 2. The molecule has 1 unspecified atom stereocenters. The van der Waals surface area contributed by atoms with Crippen LogP contribution in [-0.2, 0) is 0 Å². The third-order valence-corrected chi connectivity index (χ3v) is 3.80. The molecule has 1 atom stereocenters. The lowest BCUT2D eigenvalue weighted by atomic mass is 9.93. The van der Waals surface area contributed by atoms with Gasteiger partial charge in [0.05, 0.1) is 17.3 Å². The number of hydrogen-bond donors (Lipinski definition) is 0. The van der Waals surface area contributed by atoms with Crippen molar-refractivity contribution in [1.29, 1.82) is 5.26 Å². The smallest absolute Gasteiger partial charge is 0.200 e. The molecule has 0 bridgehead atoms. The zero-order valence-corrected chi connectivity index (χ0v) is 12.7. The number of Topliss-reactive ketones (excluding diaryl/α,β-unsaturated/α-hetero) is 1. The lowest BCUT2D eigenvalue weighted by Gasteiger charge is -2.11. The Morgan fingerprint density at radius 2 is 1.46 bits per heavy atom. The molecule has 0 saturated heterocycles. The van der Waals surface area contributed by atoms with Gasteiger partial charge >= 0.3 is 0 Å². The molecule has 3 aromatic rings. The van der Waals surface area contributed by atoms with Crippen molar-refractivity contribution in [3.05, 3.63) is 76.9 Å². The van der Waals surface area contributed by atoms with Crippen LogP contribution in [0.1, 0.15) is 22.0 Å². The maximum atomic E-state index is 13.8. The highest BCUT2D eigenvalue weighted by Crippen LogP contribution is 2.28. The molecule has 0 saturated carbocycles. The van der Waals surface area contributed by atoms with Crippen LogP contribution in [0.4, 0.5) is 22.0 Å². The number of aromatic nitrogens is 1. The molecule has 0 N–H and O–H groups in total. The molecule has 8 heteroatoms. The summed E-state index contributed by atoms with van der Waals surface area (Å²) in [4.78, 5) is 16.3. The van der Waals surface area contributed by atoms with Crippen LogP contribution in [0.2, 0.25) is 0 Å². The summed E-state index contributed by atoms with van der Waals surface area (Å²) in [5.41, 5.74) is -1.83. The number of ketones is 1. The summed E-state index contributed by atoms with van der Waals surface area (Å²) in [5.74, 6) is -14.9. The van der Waals surface area contributed by atoms with Crippen molar-refractivity contribution >= 4 is 16.6 Å². The van der Waals surface area contributed by atoms with Gasteiger partial charge < -0.3 is 0 Å². The van der Waals surface area contributed by atoms with Crippen molar-refractivity contribution in [3.63, 3.8) is 0 Å². The molecule has 0 aliphatic rings. The highest BCUT2D eigenvalue weighted by molar-refractivity contribution is 6.03. The molecular formula is C18H7F5N2O. The Labute approximate surface area is 143 Å². The molecular weight excluding hydrogens is 355 g/mol. The van der Waals surface area contributed by atoms with Gasteiger partial charge in [-0.3, -0.25) is 9.78 Å². The van der Waals surface area contributed by atoms with E-state index in [4.69, 9.17) is 0 Å². The van der Waals surface area contributed by atoms with E-state index >= 15 is 0 Å². The molecule has 0 aliphatic carbocycles. The molecule has 0 aliphatic heterocycles. The number of nitriles is 1. The first-order chi connectivity index (χ1) is 12.4. The predicted octanol–water partition coefficient (Wildman–Crippen LogP) is 4.42. The monoisotopic (exact) mass is 362 g/mol. The van der Waals surface area contributed by atoms with E-state index in [2.05, 4.69) is 4.98 Å². The number of rotatable bonds is 3. The van der Waals surface area contributed by atoms with Crippen molar-refractivity contribution in [3.8, 4) is 6.07 Å². The first kappa shape index (κ1) is 17.5. The first-order valence-corrected chi connectivity index (χ1v) is 7.16. The van der Waals surface area contributed by atoms with E-state index in [0.29, 0.717) is 10.8 Å². The van der Waals surface area contributed by atoms with Crippen LogP contribution in [-0.4, -0.2) is 10.8 Å². The van der Waals surface area contributed by atoms with E-state index in [1.54, 1.807) is 24.3 Å². The van der Waals surface area contributed by atoms with Gasteiger partial charge in [-0.1, -0.05) is 24.3 Å². The number of carbonyl (C=O) groups is 1. The fourth-order valence-corrected chi connectivity index (χ4v) is 2.48. The Balaban J connectivity index is 2.15. The van der Waals surface area contributed by atoms with Crippen LogP contribution in [0.25, 0.3) is 10.8 Å². The molecule has 0 fully saturated rings. The molecule has 0 amide bonds. The Bertz CT molecular complexity index is 1060. The van der Waals surface area contributed by atoms with Crippen molar-refractivity contribution in [2.45, 2.75) is 5.92 Å². The minimum atomic E-state index is -2.38. The van der Waals surface area contributed by atoms with Gasteiger partial charge in [-0.2, -0.15) is 5.26 Å². The number of pyridine rings is 1. The van der Waals surface area contributed by atoms with Gasteiger partial charge in [0.25, 0.3) is 0 Å². The summed E-state index contributed by atoms with van der Waals surface area (Å²) in [6.45, 7) is 0. The lowest BCUT2D eigenvalue weighted by molar-refractivity contribution is 0.0966. The molecule has 0 radical (unpaired) electrons. The molecule has 0 spiro atoms. The van der Waals surface area contributed by atoms with Gasteiger partial charge in [0.15, 0.2) is 35.0 Å².